The molecule has 0 bridgehead atoms. The normalized spacial score (nSPS) is 15.9. The van der Waals surface area contributed by atoms with Crippen LogP contribution in [0.2, 0.25) is 0 Å². The predicted octanol–water partition coefficient (Wildman–Crippen LogP) is 6.50. The van der Waals surface area contributed by atoms with E-state index in [9.17, 15) is 4.79 Å². The Balaban J connectivity index is 1.77. The highest BCUT2D eigenvalue weighted by Crippen LogP contribution is 2.46. The quantitative estimate of drug-likeness (QED) is 0.450. The van der Waals surface area contributed by atoms with Crippen LogP contribution in [-0.4, -0.2) is 24.1 Å². The van der Waals surface area contributed by atoms with Crippen LogP contribution >= 0.6 is 11.6 Å². The van der Waals surface area contributed by atoms with Crippen molar-refractivity contribution in [3.63, 3.8) is 0 Å². The summed E-state index contributed by atoms with van der Waals surface area (Å²) in [7, 11) is 0. The van der Waals surface area contributed by atoms with Gasteiger partial charge in [-0.25, -0.2) is 4.79 Å². The van der Waals surface area contributed by atoms with Gasteiger partial charge in [0.15, 0.2) is 0 Å². The van der Waals surface area contributed by atoms with Crippen LogP contribution in [0.5, 0.6) is 5.75 Å². The van der Waals surface area contributed by atoms with E-state index in [0.29, 0.717) is 19.0 Å². The Morgan fingerprint density at radius 2 is 1.73 bits per heavy atom. The first-order valence-corrected chi connectivity index (χ1v) is 10.7. The highest BCUT2D eigenvalue weighted by Gasteiger charge is 2.36. The molecule has 1 aliphatic rings. The summed E-state index contributed by atoms with van der Waals surface area (Å²) in [5.41, 5.74) is 2.42. The average molecular weight is 424 g/mol. The van der Waals surface area contributed by atoms with Crippen LogP contribution in [-0.2, 0) is 11.3 Å². The number of ether oxygens (including phenoxy) is 2. The largest absolute Gasteiger partial charge is 0.488 e. The summed E-state index contributed by atoms with van der Waals surface area (Å²) in [6.45, 7) is 6.57. The van der Waals surface area contributed by atoms with E-state index < -0.39 is 5.60 Å². The Bertz CT molecular complexity index is 1060. The van der Waals surface area contributed by atoms with Crippen molar-refractivity contribution < 1.29 is 14.3 Å². The first-order valence-electron chi connectivity index (χ1n) is 10.2. The smallest absolute Gasteiger partial charge is 0.414 e. The molecule has 0 fully saturated rings. The second-order valence-electron chi connectivity index (χ2n) is 8.57. The molecule has 0 saturated heterocycles. The third kappa shape index (κ3) is 4.10. The molecule has 4 nitrogen and oxygen atoms in total. The lowest BCUT2D eigenvalue weighted by Crippen LogP contribution is -2.36. The molecule has 0 aromatic heterocycles. The van der Waals surface area contributed by atoms with Crippen molar-refractivity contribution in [3.05, 3.63) is 71.8 Å². The average Bonchev–Trinajstić information content (AvgIpc) is 3.10. The van der Waals surface area contributed by atoms with Crippen LogP contribution in [0.15, 0.2) is 60.7 Å². The highest BCUT2D eigenvalue weighted by atomic mass is 35.5. The molecule has 0 saturated carbocycles. The Morgan fingerprint density at radius 1 is 1.07 bits per heavy atom. The van der Waals surface area contributed by atoms with E-state index in [1.165, 1.54) is 0 Å². The van der Waals surface area contributed by atoms with Crippen LogP contribution in [0.3, 0.4) is 0 Å². The molecule has 4 rings (SSSR count). The second kappa shape index (κ2) is 8.19. The summed E-state index contributed by atoms with van der Waals surface area (Å²) in [6.07, 6.45) is -0.361. The van der Waals surface area contributed by atoms with Crippen molar-refractivity contribution in [1.29, 1.82) is 0 Å². The molecular formula is C25H26ClNO3. The first kappa shape index (κ1) is 20.5. The van der Waals surface area contributed by atoms with Gasteiger partial charge in [-0.2, -0.15) is 0 Å². The van der Waals surface area contributed by atoms with Crippen LogP contribution in [0.4, 0.5) is 10.5 Å². The molecular weight excluding hydrogens is 398 g/mol. The second-order valence-corrected chi connectivity index (χ2v) is 8.88. The Hall–Kier alpha value is -2.72. The van der Waals surface area contributed by atoms with Gasteiger partial charge in [-0.05, 0) is 37.3 Å². The minimum absolute atomic E-state index is 0.0438. The van der Waals surface area contributed by atoms with Crippen molar-refractivity contribution in [2.24, 2.45) is 0 Å². The number of fused-ring (bicyclic) bond motifs is 3. The van der Waals surface area contributed by atoms with Gasteiger partial charge in [-0.15, -0.1) is 11.6 Å². The number of hydrogen-bond acceptors (Lipinski definition) is 3. The Labute approximate surface area is 182 Å². The van der Waals surface area contributed by atoms with Crippen molar-refractivity contribution in [3.8, 4) is 5.75 Å². The van der Waals surface area contributed by atoms with Crippen molar-refractivity contribution in [2.75, 3.05) is 17.3 Å². The number of halogens is 1. The van der Waals surface area contributed by atoms with Gasteiger partial charge in [0.2, 0.25) is 0 Å². The molecule has 0 spiro atoms. The van der Waals surface area contributed by atoms with Gasteiger partial charge in [0.05, 0.1) is 5.69 Å². The summed E-state index contributed by atoms with van der Waals surface area (Å²) in [4.78, 5) is 14.6. The molecule has 1 atom stereocenters. The fraction of sp³-hybridized carbons (Fsp3) is 0.320. The van der Waals surface area contributed by atoms with Crippen LogP contribution in [0, 0.1) is 0 Å². The number of carbonyl (C=O) groups excluding carboxylic acids is 1. The van der Waals surface area contributed by atoms with Crippen molar-refractivity contribution >= 4 is 34.2 Å². The highest BCUT2D eigenvalue weighted by molar-refractivity contribution is 6.19. The fourth-order valence-corrected chi connectivity index (χ4v) is 4.14. The maximum absolute atomic E-state index is 12.9. The summed E-state index contributed by atoms with van der Waals surface area (Å²) in [5.74, 6) is 1.22. The summed E-state index contributed by atoms with van der Waals surface area (Å²) in [6, 6.07) is 20.1. The number of anilines is 1. The number of nitrogens with zero attached hydrogens (tertiary/aromatic N) is 1. The van der Waals surface area contributed by atoms with Crippen LogP contribution in [0.25, 0.3) is 10.8 Å². The van der Waals surface area contributed by atoms with E-state index in [1.807, 2.05) is 69.3 Å². The summed E-state index contributed by atoms with van der Waals surface area (Å²) < 4.78 is 11.9. The predicted molar refractivity (Wildman–Crippen MR) is 122 cm³/mol. The van der Waals surface area contributed by atoms with E-state index in [1.54, 1.807) is 4.90 Å². The van der Waals surface area contributed by atoms with E-state index in [4.69, 9.17) is 21.1 Å². The van der Waals surface area contributed by atoms with Gasteiger partial charge < -0.3 is 9.47 Å². The number of rotatable bonds is 4. The minimum atomic E-state index is -0.570. The number of amides is 1. The number of alkyl halides is 1. The molecule has 30 heavy (non-hydrogen) atoms. The molecule has 1 unspecified atom stereocenters. The lowest BCUT2D eigenvalue weighted by Gasteiger charge is -2.25. The number of carbonyl (C=O) groups is 1. The molecule has 156 valence electrons. The van der Waals surface area contributed by atoms with Crippen LogP contribution in [0.1, 0.15) is 37.8 Å². The molecule has 3 aromatic rings. The summed E-state index contributed by atoms with van der Waals surface area (Å²) >= 11 is 6.31. The van der Waals surface area contributed by atoms with Gasteiger partial charge >= 0.3 is 6.09 Å². The molecule has 0 radical (unpaired) electrons. The molecule has 3 aromatic carbocycles. The van der Waals surface area contributed by atoms with Crippen LogP contribution < -0.4 is 9.64 Å². The van der Waals surface area contributed by atoms with E-state index in [-0.39, 0.29) is 12.0 Å². The molecule has 1 heterocycles. The molecule has 1 aliphatic heterocycles. The molecule has 0 aliphatic carbocycles. The standard InChI is InChI=1S/C25H26ClNO3/c1-25(2,3)30-24(28)27-15-18(14-26)23-20-12-8-7-11-19(20)22(13-21(23)27)29-16-17-9-5-4-6-10-17/h4-13,18H,14-16H2,1-3H3. The maximum atomic E-state index is 12.9. The zero-order chi connectivity index (χ0) is 21.3. The number of benzene rings is 3. The van der Waals surface area contributed by atoms with Crippen molar-refractivity contribution in [2.45, 2.75) is 38.9 Å². The van der Waals surface area contributed by atoms with E-state index in [0.717, 1.165) is 33.3 Å². The SMILES string of the molecule is CC(C)(C)OC(=O)N1CC(CCl)c2c1cc(OCc1ccccc1)c1ccccc21. The van der Waals surface area contributed by atoms with Gasteiger partial charge in [-0.3, -0.25) is 4.90 Å². The third-order valence-electron chi connectivity index (χ3n) is 5.17. The lowest BCUT2D eigenvalue weighted by molar-refractivity contribution is 0.0582. The van der Waals surface area contributed by atoms with Crippen molar-refractivity contribution in [1.82, 2.24) is 0 Å². The van der Waals surface area contributed by atoms with E-state index >= 15 is 0 Å². The zero-order valence-corrected chi connectivity index (χ0v) is 18.3. The Kier molecular flexibility index (Phi) is 5.61. The van der Waals surface area contributed by atoms with Gasteiger partial charge in [-0.1, -0.05) is 54.6 Å². The van der Waals surface area contributed by atoms with Gasteiger partial charge in [0.25, 0.3) is 0 Å². The Morgan fingerprint density at radius 3 is 2.40 bits per heavy atom. The van der Waals surface area contributed by atoms with E-state index in [2.05, 4.69) is 12.1 Å². The minimum Gasteiger partial charge on any atom is -0.488 e. The fourth-order valence-electron chi connectivity index (χ4n) is 3.88. The number of hydrogen-bond donors (Lipinski definition) is 0. The maximum Gasteiger partial charge on any atom is 0.414 e. The topological polar surface area (TPSA) is 38.8 Å². The first-order chi connectivity index (χ1) is 14.4. The molecule has 5 heteroatoms. The lowest BCUT2D eigenvalue weighted by atomic mass is 9.95. The molecule has 0 N–H and O–H groups in total. The zero-order valence-electron chi connectivity index (χ0n) is 17.5. The third-order valence-corrected chi connectivity index (χ3v) is 5.54. The van der Waals surface area contributed by atoms with Gasteiger partial charge in [0.1, 0.15) is 18.0 Å². The monoisotopic (exact) mass is 423 g/mol. The summed E-state index contributed by atoms with van der Waals surface area (Å²) in [5, 5.41) is 2.09. The van der Waals surface area contributed by atoms with Gasteiger partial charge in [0, 0.05) is 29.8 Å². The molecule has 1 amide bonds.